The number of carbonyl (C=O) groups excluding carboxylic acids is 3. The van der Waals surface area contributed by atoms with Crippen LogP contribution in [0.25, 0.3) is 0 Å². The summed E-state index contributed by atoms with van der Waals surface area (Å²) < 4.78 is 10.2. The fourth-order valence-corrected chi connectivity index (χ4v) is 4.69. The normalized spacial score (nSPS) is 37.0. The molecule has 0 heterocycles. The van der Waals surface area contributed by atoms with Gasteiger partial charge >= 0.3 is 11.9 Å². The Kier molecular flexibility index (Phi) is 4.69. The van der Waals surface area contributed by atoms with Crippen molar-refractivity contribution in [1.29, 1.82) is 0 Å². The number of carbonyl (C=O) groups is 3. The SMILES string of the molecule is C=C1CC[C@@H]2[C@](C)(CCC(=O)[C@@]2(C)COC(C)=O)[C@H]1C(=O)OC. The lowest BCUT2D eigenvalue weighted by Crippen LogP contribution is -2.57. The molecule has 2 rings (SSSR count). The summed E-state index contributed by atoms with van der Waals surface area (Å²) in [4.78, 5) is 36.2. The Balaban J connectivity index is 2.41. The van der Waals surface area contributed by atoms with E-state index in [1.165, 1.54) is 14.0 Å². The van der Waals surface area contributed by atoms with Gasteiger partial charge in [0.25, 0.3) is 0 Å². The van der Waals surface area contributed by atoms with Gasteiger partial charge in [-0.25, -0.2) is 0 Å². The van der Waals surface area contributed by atoms with Crippen LogP contribution in [0.5, 0.6) is 0 Å². The monoisotopic (exact) mass is 322 g/mol. The summed E-state index contributed by atoms with van der Waals surface area (Å²) in [5, 5.41) is 0. The number of rotatable bonds is 3. The van der Waals surface area contributed by atoms with Crippen LogP contribution in [0.15, 0.2) is 12.2 Å². The molecule has 0 bridgehead atoms. The van der Waals surface area contributed by atoms with Gasteiger partial charge in [0, 0.05) is 13.3 Å². The molecule has 2 aliphatic carbocycles. The van der Waals surface area contributed by atoms with Gasteiger partial charge in [0.05, 0.1) is 18.4 Å². The molecule has 5 nitrogen and oxygen atoms in total. The Morgan fingerprint density at radius 3 is 2.52 bits per heavy atom. The van der Waals surface area contributed by atoms with Crippen LogP contribution in [0, 0.1) is 22.7 Å². The number of esters is 2. The zero-order chi connectivity index (χ0) is 17.4. The van der Waals surface area contributed by atoms with Gasteiger partial charge in [-0.05, 0) is 37.5 Å². The third-order valence-corrected chi connectivity index (χ3v) is 5.93. The zero-order valence-corrected chi connectivity index (χ0v) is 14.4. The van der Waals surface area contributed by atoms with Crippen LogP contribution in [-0.2, 0) is 23.9 Å². The van der Waals surface area contributed by atoms with E-state index in [9.17, 15) is 14.4 Å². The first-order valence-corrected chi connectivity index (χ1v) is 8.09. The Hall–Kier alpha value is -1.65. The van der Waals surface area contributed by atoms with Crippen LogP contribution in [-0.4, -0.2) is 31.4 Å². The van der Waals surface area contributed by atoms with Crippen LogP contribution in [0.4, 0.5) is 0 Å². The molecule has 5 heteroatoms. The molecule has 2 saturated carbocycles. The van der Waals surface area contributed by atoms with Crippen LogP contribution in [0.3, 0.4) is 0 Å². The Labute approximate surface area is 137 Å². The van der Waals surface area contributed by atoms with Gasteiger partial charge in [0.1, 0.15) is 12.4 Å². The van der Waals surface area contributed by atoms with Gasteiger partial charge in [-0.2, -0.15) is 0 Å². The first-order chi connectivity index (χ1) is 10.7. The van der Waals surface area contributed by atoms with Crippen molar-refractivity contribution in [2.24, 2.45) is 22.7 Å². The lowest BCUT2D eigenvalue weighted by Gasteiger charge is -2.56. The number of ether oxygens (including phenoxy) is 2. The molecule has 0 unspecified atom stereocenters. The van der Waals surface area contributed by atoms with Crippen LogP contribution in [0.1, 0.15) is 46.5 Å². The molecule has 0 aromatic carbocycles. The van der Waals surface area contributed by atoms with E-state index in [0.29, 0.717) is 19.3 Å². The predicted octanol–water partition coefficient (Wildman–Crippen LogP) is 2.68. The summed E-state index contributed by atoms with van der Waals surface area (Å²) >= 11 is 0. The molecule has 0 spiro atoms. The second kappa shape index (κ2) is 6.10. The summed E-state index contributed by atoms with van der Waals surface area (Å²) in [5.74, 6) is -1.01. The van der Waals surface area contributed by atoms with E-state index in [1.54, 1.807) is 0 Å². The van der Waals surface area contributed by atoms with Gasteiger partial charge < -0.3 is 9.47 Å². The summed E-state index contributed by atoms with van der Waals surface area (Å²) in [6.07, 6.45) is 2.46. The molecular formula is C18H26O5. The molecule has 0 N–H and O–H groups in total. The Morgan fingerprint density at radius 1 is 1.30 bits per heavy atom. The highest BCUT2D eigenvalue weighted by molar-refractivity contribution is 5.87. The van der Waals surface area contributed by atoms with E-state index in [0.717, 1.165) is 12.0 Å². The maximum Gasteiger partial charge on any atom is 0.313 e. The van der Waals surface area contributed by atoms with Crippen LogP contribution < -0.4 is 0 Å². The standard InChI is InChI=1S/C18H26O5/c1-11-6-7-13-17(3,15(11)16(21)22-5)9-8-14(20)18(13,4)10-23-12(2)19/h13,15H,1,6-10H2,2-5H3/t13-,15-,17+,18+/m1/s1. The second-order valence-electron chi connectivity index (χ2n) is 7.33. The molecule has 128 valence electrons. The van der Waals surface area contributed by atoms with Crippen molar-refractivity contribution < 1.29 is 23.9 Å². The van der Waals surface area contributed by atoms with Gasteiger partial charge in [-0.15, -0.1) is 0 Å². The van der Waals surface area contributed by atoms with Crippen molar-refractivity contribution in [2.75, 3.05) is 13.7 Å². The van der Waals surface area contributed by atoms with E-state index in [1.807, 2.05) is 13.8 Å². The number of hydrogen-bond acceptors (Lipinski definition) is 5. The summed E-state index contributed by atoms with van der Waals surface area (Å²) in [6.45, 7) is 9.39. The van der Waals surface area contributed by atoms with Crippen molar-refractivity contribution in [1.82, 2.24) is 0 Å². The molecule has 4 atom stereocenters. The number of fused-ring (bicyclic) bond motifs is 1. The average molecular weight is 322 g/mol. The largest absolute Gasteiger partial charge is 0.469 e. The highest BCUT2D eigenvalue weighted by atomic mass is 16.5. The lowest BCUT2D eigenvalue weighted by molar-refractivity contribution is -0.171. The predicted molar refractivity (Wildman–Crippen MR) is 84.5 cm³/mol. The highest BCUT2D eigenvalue weighted by Gasteiger charge is 2.60. The molecule has 2 fully saturated rings. The molecule has 23 heavy (non-hydrogen) atoms. The summed E-state index contributed by atoms with van der Waals surface area (Å²) in [6, 6.07) is 0. The lowest BCUT2D eigenvalue weighted by atomic mass is 9.47. The zero-order valence-electron chi connectivity index (χ0n) is 14.4. The van der Waals surface area contributed by atoms with Gasteiger partial charge in [-0.3, -0.25) is 14.4 Å². The summed E-state index contributed by atoms with van der Waals surface area (Å²) in [7, 11) is 1.38. The number of methoxy groups -OCH3 is 1. The van der Waals surface area contributed by atoms with Gasteiger partial charge in [0.2, 0.25) is 0 Å². The van der Waals surface area contributed by atoms with Crippen molar-refractivity contribution >= 4 is 17.7 Å². The molecule has 0 amide bonds. The fraction of sp³-hybridized carbons (Fsp3) is 0.722. The smallest absolute Gasteiger partial charge is 0.313 e. The molecule has 0 aliphatic heterocycles. The summed E-state index contributed by atoms with van der Waals surface area (Å²) in [5.41, 5.74) is -0.281. The maximum atomic E-state index is 12.6. The van der Waals surface area contributed by atoms with E-state index in [-0.39, 0.29) is 24.3 Å². The van der Waals surface area contributed by atoms with Crippen molar-refractivity contribution in [3.63, 3.8) is 0 Å². The molecule has 2 aliphatic rings. The molecular weight excluding hydrogens is 296 g/mol. The molecule has 0 radical (unpaired) electrons. The van der Waals surface area contributed by atoms with Gasteiger partial charge in [-0.1, -0.05) is 19.1 Å². The Morgan fingerprint density at radius 2 is 1.96 bits per heavy atom. The first-order valence-electron chi connectivity index (χ1n) is 8.09. The molecule has 0 aromatic rings. The second-order valence-corrected chi connectivity index (χ2v) is 7.33. The van der Waals surface area contributed by atoms with E-state index in [4.69, 9.17) is 9.47 Å². The van der Waals surface area contributed by atoms with Crippen LogP contribution in [0.2, 0.25) is 0 Å². The van der Waals surface area contributed by atoms with Crippen molar-refractivity contribution in [2.45, 2.75) is 46.5 Å². The third-order valence-electron chi connectivity index (χ3n) is 5.93. The van der Waals surface area contributed by atoms with E-state index < -0.39 is 22.7 Å². The minimum atomic E-state index is -0.758. The first kappa shape index (κ1) is 17.7. The highest BCUT2D eigenvalue weighted by Crippen LogP contribution is 2.60. The third kappa shape index (κ3) is 2.81. The Bertz CT molecular complexity index is 544. The number of Topliss-reactive ketones (excluding diaryl/α,β-unsaturated/α-hetero) is 1. The average Bonchev–Trinajstić information content (AvgIpc) is 2.49. The maximum absolute atomic E-state index is 12.6. The minimum Gasteiger partial charge on any atom is -0.469 e. The fourth-order valence-electron chi connectivity index (χ4n) is 4.69. The number of hydrogen-bond donors (Lipinski definition) is 0. The minimum absolute atomic E-state index is 0.0369. The van der Waals surface area contributed by atoms with E-state index in [2.05, 4.69) is 6.58 Å². The van der Waals surface area contributed by atoms with Crippen molar-refractivity contribution in [3.05, 3.63) is 12.2 Å². The van der Waals surface area contributed by atoms with Crippen molar-refractivity contribution in [3.8, 4) is 0 Å². The van der Waals surface area contributed by atoms with Crippen LogP contribution >= 0.6 is 0 Å². The van der Waals surface area contributed by atoms with E-state index >= 15 is 0 Å². The molecule has 0 aromatic heterocycles. The topological polar surface area (TPSA) is 69.7 Å². The molecule has 0 saturated heterocycles. The number of ketones is 1. The van der Waals surface area contributed by atoms with Gasteiger partial charge in [0.15, 0.2) is 0 Å². The quantitative estimate of drug-likeness (QED) is 0.590.